The lowest BCUT2D eigenvalue weighted by molar-refractivity contribution is -0.116. The fourth-order valence-corrected chi connectivity index (χ4v) is 2.69. The first-order valence-corrected chi connectivity index (χ1v) is 8.02. The third-order valence-corrected chi connectivity index (χ3v) is 3.85. The van der Waals surface area contributed by atoms with Gasteiger partial charge in [0.25, 0.3) is 0 Å². The molecule has 0 bridgehead atoms. The molecule has 2 heterocycles. The number of aromatic nitrogens is 2. The van der Waals surface area contributed by atoms with Gasteiger partial charge in [0, 0.05) is 24.5 Å². The lowest BCUT2D eigenvalue weighted by Gasteiger charge is -2.15. The number of benzene rings is 1. The van der Waals surface area contributed by atoms with E-state index in [2.05, 4.69) is 10.3 Å². The molecule has 0 spiro atoms. The van der Waals surface area contributed by atoms with Crippen LogP contribution in [-0.2, 0) is 4.79 Å². The Kier molecular flexibility index (Phi) is 4.51. The molecule has 0 saturated carbocycles. The first-order chi connectivity index (χ1) is 11.6. The van der Waals surface area contributed by atoms with E-state index in [1.807, 2.05) is 55.8 Å². The summed E-state index contributed by atoms with van der Waals surface area (Å²) in [4.78, 5) is 16.5. The standard InChI is InChI=1S/C19H21N3O2/c1-13(2)11-18(23)21-16-5-4-6-17(14(16)3)22-9-8-20-19(22)15-7-10-24-12-15/h4-10,12-13H,11H2,1-3H3,(H,21,23). The molecule has 1 aromatic carbocycles. The van der Waals surface area contributed by atoms with Crippen molar-refractivity contribution in [3.63, 3.8) is 0 Å². The lowest BCUT2D eigenvalue weighted by atomic mass is 10.1. The van der Waals surface area contributed by atoms with Crippen LogP contribution in [0.25, 0.3) is 17.1 Å². The predicted octanol–water partition coefficient (Wildman–Crippen LogP) is 4.43. The number of amides is 1. The topological polar surface area (TPSA) is 60.1 Å². The van der Waals surface area contributed by atoms with Gasteiger partial charge in [0.1, 0.15) is 12.1 Å². The number of rotatable bonds is 5. The van der Waals surface area contributed by atoms with E-state index in [9.17, 15) is 4.79 Å². The molecule has 3 rings (SSSR count). The van der Waals surface area contributed by atoms with E-state index in [1.165, 1.54) is 0 Å². The fraction of sp³-hybridized carbons (Fsp3) is 0.263. The number of nitrogens with zero attached hydrogens (tertiary/aromatic N) is 2. The summed E-state index contributed by atoms with van der Waals surface area (Å²) in [7, 11) is 0. The molecule has 0 atom stereocenters. The number of imidazole rings is 1. The molecule has 0 aliphatic carbocycles. The van der Waals surface area contributed by atoms with E-state index in [1.54, 1.807) is 18.7 Å². The quantitative estimate of drug-likeness (QED) is 0.756. The minimum Gasteiger partial charge on any atom is -0.472 e. The van der Waals surface area contributed by atoms with Crippen molar-refractivity contribution >= 4 is 11.6 Å². The van der Waals surface area contributed by atoms with Gasteiger partial charge in [0.05, 0.1) is 17.5 Å². The van der Waals surface area contributed by atoms with E-state index < -0.39 is 0 Å². The Hall–Kier alpha value is -2.82. The molecule has 124 valence electrons. The summed E-state index contributed by atoms with van der Waals surface area (Å²) in [6, 6.07) is 7.75. The predicted molar refractivity (Wildman–Crippen MR) is 94.1 cm³/mol. The van der Waals surface area contributed by atoms with Gasteiger partial charge >= 0.3 is 0 Å². The van der Waals surface area contributed by atoms with E-state index in [0.717, 1.165) is 28.3 Å². The molecule has 0 aliphatic heterocycles. The van der Waals surface area contributed by atoms with E-state index in [4.69, 9.17) is 4.42 Å². The third kappa shape index (κ3) is 3.25. The molecular weight excluding hydrogens is 302 g/mol. The molecule has 3 aromatic rings. The van der Waals surface area contributed by atoms with Gasteiger partial charge in [0.2, 0.25) is 5.91 Å². The Bertz CT molecular complexity index is 832. The molecule has 0 radical (unpaired) electrons. The maximum absolute atomic E-state index is 12.1. The maximum Gasteiger partial charge on any atom is 0.224 e. The van der Waals surface area contributed by atoms with Crippen molar-refractivity contribution in [1.29, 1.82) is 0 Å². The summed E-state index contributed by atoms with van der Waals surface area (Å²) < 4.78 is 7.16. The molecule has 0 fully saturated rings. The van der Waals surface area contributed by atoms with Crippen molar-refractivity contribution in [2.45, 2.75) is 27.2 Å². The fourth-order valence-electron chi connectivity index (χ4n) is 2.69. The summed E-state index contributed by atoms with van der Waals surface area (Å²) in [5.74, 6) is 1.17. The van der Waals surface area contributed by atoms with Crippen LogP contribution in [0.15, 0.2) is 53.6 Å². The highest BCUT2D eigenvalue weighted by atomic mass is 16.3. The zero-order chi connectivity index (χ0) is 17.1. The van der Waals surface area contributed by atoms with Crippen LogP contribution in [0.3, 0.4) is 0 Å². The average molecular weight is 323 g/mol. The number of hydrogen-bond donors (Lipinski definition) is 1. The van der Waals surface area contributed by atoms with Crippen molar-refractivity contribution in [3.05, 3.63) is 54.7 Å². The van der Waals surface area contributed by atoms with Gasteiger partial charge in [-0.05, 0) is 36.6 Å². The summed E-state index contributed by atoms with van der Waals surface area (Å²) in [6.45, 7) is 6.07. The van der Waals surface area contributed by atoms with Crippen molar-refractivity contribution < 1.29 is 9.21 Å². The summed E-state index contributed by atoms with van der Waals surface area (Å²) in [5, 5.41) is 3.01. The molecule has 2 aromatic heterocycles. The van der Waals surface area contributed by atoms with Gasteiger partial charge in [0.15, 0.2) is 0 Å². The Morgan fingerprint density at radius 1 is 1.33 bits per heavy atom. The van der Waals surface area contributed by atoms with Gasteiger partial charge in [-0.25, -0.2) is 4.98 Å². The van der Waals surface area contributed by atoms with Gasteiger partial charge in [-0.1, -0.05) is 19.9 Å². The molecular formula is C19H21N3O2. The van der Waals surface area contributed by atoms with Gasteiger partial charge < -0.3 is 9.73 Å². The molecule has 5 nitrogen and oxygen atoms in total. The molecule has 5 heteroatoms. The van der Waals surface area contributed by atoms with Crippen LogP contribution in [0.5, 0.6) is 0 Å². The second kappa shape index (κ2) is 6.74. The molecule has 0 saturated heterocycles. The zero-order valence-corrected chi connectivity index (χ0v) is 14.1. The van der Waals surface area contributed by atoms with Crippen LogP contribution in [0.4, 0.5) is 5.69 Å². The van der Waals surface area contributed by atoms with Crippen molar-refractivity contribution in [2.75, 3.05) is 5.32 Å². The van der Waals surface area contributed by atoms with Crippen LogP contribution in [-0.4, -0.2) is 15.5 Å². The zero-order valence-electron chi connectivity index (χ0n) is 14.1. The van der Waals surface area contributed by atoms with E-state index in [0.29, 0.717) is 12.3 Å². The molecule has 0 unspecified atom stereocenters. The second-order valence-electron chi connectivity index (χ2n) is 6.23. The number of nitrogens with one attached hydrogen (secondary N) is 1. The van der Waals surface area contributed by atoms with Crippen LogP contribution in [0.1, 0.15) is 25.8 Å². The van der Waals surface area contributed by atoms with E-state index in [-0.39, 0.29) is 5.91 Å². The lowest BCUT2D eigenvalue weighted by Crippen LogP contribution is -2.15. The molecule has 1 N–H and O–H groups in total. The first-order valence-electron chi connectivity index (χ1n) is 8.02. The summed E-state index contributed by atoms with van der Waals surface area (Å²) >= 11 is 0. The Labute approximate surface area is 141 Å². The van der Waals surface area contributed by atoms with Gasteiger partial charge in [-0.3, -0.25) is 9.36 Å². The average Bonchev–Trinajstić information content (AvgIpc) is 3.18. The summed E-state index contributed by atoms with van der Waals surface area (Å²) in [5.41, 5.74) is 3.71. The van der Waals surface area contributed by atoms with Crippen molar-refractivity contribution in [1.82, 2.24) is 9.55 Å². The van der Waals surface area contributed by atoms with E-state index >= 15 is 0 Å². The number of furan rings is 1. The van der Waals surface area contributed by atoms with Gasteiger partial charge in [-0.2, -0.15) is 0 Å². The third-order valence-electron chi connectivity index (χ3n) is 3.85. The minimum atomic E-state index is 0.0333. The molecule has 1 amide bonds. The highest BCUT2D eigenvalue weighted by molar-refractivity contribution is 5.92. The van der Waals surface area contributed by atoms with Crippen LogP contribution in [0, 0.1) is 12.8 Å². The minimum absolute atomic E-state index is 0.0333. The Balaban J connectivity index is 1.95. The SMILES string of the molecule is Cc1c(NC(=O)CC(C)C)cccc1-n1ccnc1-c1ccoc1. The molecule has 0 aliphatic rings. The smallest absolute Gasteiger partial charge is 0.224 e. The van der Waals surface area contributed by atoms with Gasteiger partial charge in [-0.15, -0.1) is 0 Å². The number of carbonyl (C=O) groups is 1. The monoisotopic (exact) mass is 323 g/mol. The molecule has 24 heavy (non-hydrogen) atoms. The number of carbonyl (C=O) groups excluding carboxylic acids is 1. The largest absolute Gasteiger partial charge is 0.472 e. The first kappa shape index (κ1) is 16.1. The highest BCUT2D eigenvalue weighted by Gasteiger charge is 2.14. The highest BCUT2D eigenvalue weighted by Crippen LogP contribution is 2.27. The van der Waals surface area contributed by atoms with Crippen molar-refractivity contribution in [3.8, 4) is 17.1 Å². The Morgan fingerprint density at radius 3 is 2.88 bits per heavy atom. The maximum atomic E-state index is 12.1. The van der Waals surface area contributed by atoms with Crippen LogP contribution >= 0.6 is 0 Å². The normalized spacial score (nSPS) is 11.0. The van der Waals surface area contributed by atoms with Crippen LogP contribution in [0.2, 0.25) is 0 Å². The Morgan fingerprint density at radius 2 is 2.17 bits per heavy atom. The number of hydrogen-bond acceptors (Lipinski definition) is 3. The van der Waals surface area contributed by atoms with Crippen molar-refractivity contribution in [2.24, 2.45) is 5.92 Å². The number of anilines is 1. The summed E-state index contributed by atoms with van der Waals surface area (Å²) in [6.07, 6.45) is 7.47. The van der Waals surface area contributed by atoms with Crippen LogP contribution < -0.4 is 5.32 Å². The second-order valence-corrected chi connectivity index (χ2v) is 6.23.